The first-order valence-electron chi connectivity index (χ1n) is 11.7. The van der Waals surface area contributed by atoms with E-state index >= 15 is 0 Å². The zero-order valence-corrected chi connectivity index (χ0v) is 19.9. The van der Waals surface area contributed by atoms with Crippen LogP contribution in [-0.4, -0.2) is 30.2 Å². The Morgan fingerprint density at radius 3 is 2.03 bits per heavy atom. The lowest BCUT2D eigenvalue weighted by Gasteiger charge is -2.20. The number of aliphatic hydroxyl groups is 1. The van der Waals surface area contributed by atoms with Crippen molar-refractivity contribution in [1.29, 1.82) is 0 Å². The van der Waals surface area contributed by atoms with Gasteiger partial charge >= 0.3 is 0 Å². The Kier molecular flexibility index (Phi) is 8.81. The normalized spacial score (nSPS) is 12.5. The number of carbonyl (C=O) groups excluding carboxylic acids is 1. The van der Waals surface area contributed by atoms with Crippen LogP contribution in [0, 0.1) is 0 Å². The lowest BCUT2D eigenvalue weighted by Crippen LogP contribution is -2.38. The first kappa shape index (κ1) is 24.7. The van der Waals surface area contributed by atoms with Crippen molar-refractivity contribution in [2.24, 2.45) is 0 Å². The Hall–Kier alpha value is -2.95. The fraction of sp³-hybridized carbons (Fsp3) is 0.345. The van der Waals surface area contributed by atoms with Crippen LogP contribution in [0.4, 0.5) is 0 Å². The molecule has 0 radical (unpaired) electrons. The zero-order chi connectivity index (χ0) is 23.7. The summed E-state index contributed by atoms with van der Waals surface area (Å²) < 4.78 is 0. The summed E-state index contributed by atoms with van der Waals surface area (Å²) in [6.07, 6.45) is -0.306. The van der Waals surface area contributed by atoms with Crippen molar-refractivity contribution in [2.75, 3.05) is 13.1 Å². The molecule has 1 atom stereocenters. The molecule has 3 aromatic rings. The highest BCUT2D eigenvalue weighted by Crippen LogP contribution is 2.27. The maximum Gasteiger partial charge on any atom is 0.221 e. The van der Waals surface area contributed by atoms with Gasteiger partial charge in [0.2, 0.25) is 5.91 Å². The van der Waals surface area contributed by atoms with Crippen molar-refractivity contribution < 1.29 is 9.90 Å². The van der Waals surface area contributed by atoms with Crippen molar-refractivity contribution in [3.05, 3.63) is 107 Å². The van der Waals surface area contributed by atoms with Gasteiger partial charge in [-0.15, -0.1) is 0 Å². The molecule has 0 aliphatic rings. The van der Waals surface area contributed by atoms with E-state index in [2.05, 4.69) is 79.9 Å². The highest BCUT2D eigenvalue weighted by atomic mass is 16.3. The Morgan fingerprint density at radius 2 is 1.45 bits per heavy atom. The van der Waals surface area contributed by atoms with E-state index in [1.54, 1.807) is 0 Å². The van der Waals surface area contributed by atoms with E-state index < -0.39 is 6.10 Å². The summed E-state index contributed by atoms with van der Waals surface area (Å²) >= 11 is 0. The Bertz CT molecular complexity index is 957. The molecule has 0 spiro atoms. The molecule has 0 aliphatic heterocycles. The van der Waals surface area contributed by atoms with Gasteiger partial charge in [-0.2, -0.15) is 0 Å². The van der Waals surface area contributed by atoms with Crippen LogP contribution < -0.4 is 10.6 Å². The minimum absolute atomic E-state index is 0.0160. The molecule has 3 N–H and O–H groups in total. The van der Waals surface area contributed by atoms with E-state index in [0.717, 1.165) is 11.1 Å². The van der Waals surface area contributed by atoms with Gasteiger partial charge in [-0.1, -0.05) is 106 Å². The molecule has 4 nitrogen and oxygen atoms in total. The average Bonchev–Trinajstić information content (AvgIpc) is 2.82. The summed E-state index contributed by atoms with van der Waals surface area (Å²) in [5.74, 6) is -0.0811. The third-order valence-corrected chi connectivity index (χ3v) is 5.83. The van der Waals surface area contributed by atoms with Crippen LogP contribution in [-0.2, 0) is 16.8 Å². The summed E-state index contributed by atoms with van der Waals surface area (Å²) in [5.41, 5.74) is 4.81. The highest BCUT2D eigenvalue weighted by molar-refractivity contribution is 5.77. The minimum atomic E-state index is -0.647. The van der Waals surface area contributed by atoms with Gasteiger partial charge < -0.3 is 15.7 Å². The second-order valence-electron chi connectivity index (χ2n) is 9.62. The van der Waals surface area contributed by atoms with Gasteiger partial charge in [0.25, 0.3) is 0 Å². The van der Waals surface area contributed by atoms with Crippen molar-refractivity contribution in [2.45, 2.75) is 51.2 Å². The molecule has 0 saturated carbocycles. The monoisotopic (exact) mass is 444 g/mol. The van der Waals surface area contributed by atoms with Crippen LogP contribution in [0.3, 0.4) is 0 Å². The van der Waals surface area contributed by atoms with Gasteiger partial charge in [0.1, 0.15) is 0 Å². The highest BCUT2D eigenvalue weighted by Gasteiger charge is 2.18. The average molecular weight is 445 g/mol. The number of aliphatic hydroxyl groups excluding tert-OH is 1. The first-order chi connectivity index (χ1) is 15.8. The molecule has 0 heterocycles. The number of rotatable bonds is 10. The van der Waals surface area contributed by atoms with Crippen LogP contribution in [0.15, 0.2) is 84.9 Å². The summed E-state index contributed by atoms with van der Waals surface area (Å²) in [4.78, 5) is 12.7. The fourth-order valence-corrected chi connectivity index (χ4v) is 3.89. The topological polar surface area (TPSA) is 61.4 Å². The molecule has 0 saturated heterocycles. The lowest BCUT2D eigenvalue weighted by molar-refractivity contribution is -0.121. The quantitative estimate of drug-likeness (QED) is 0.422. The minimum Gasteiger partial charge on any atom is -0.390 e. The zero-order valence-electron chi connectivity index (χ0n) is 19.9. The van der Waals surface area contributed by atoms with Gasteiger partial charge in [0, 0.05) is 32.0 Å². The predicted octanol–water partition coefficient (Wildman–Crippen LogP) is 4.77. The molecule has 0 bridgehead atoms. The van der Waals surface area contributed by atoms with Crippen molar-refractivity contribution in [3.63, 3.8) is 0 Å². The molecular formula is C29H36N2O2. The van der Waals surface area contributed by atoms with Crippen molar-refractivity contribution >= 4 is 5.91 Å². The predicted molar refractivity (Wildman–Crippen MR) is 135 cm³/mol. The van der Waals surface area contributed by atoms with Crippen LogP contribution in [0.25, 0.3) is 0 Å². The van der Waals surface area contributed by atoms with Crippen LogP contribution in [0.1, 0.15) is 55.4 Å². The van der Waals surface area contributed by atoms with E-state index in [4.69, 9.17) is 0 Å². The summed E-state index contributed by atoms with van der Waals surface area (Å²) in [6, 6.07) is 28.7. The van der Waals surface area contributed by atoms with Gasteiger partial charge in [0.15, 0.2) is 0 Å². The van der Waals surface area contributed by atoms with E-state index in [9.17, 15) is 9.90 Å². The number of hydrogen-bond acceptors (Lipinski definition) is 3. The van der Waals surface area contributed by atoms with Gasteiger partial charge in [-0.3, -0.25) is 4.79 Å². The maximum absolute atomic E-state index is 12.7. The molecule has 4 heteroatoms. The van der Waals surface area contributed by atoms with E-state index in [-0.39, 0.29) is 23.8 Å². The molecule has 0 fully saturated rings. The standard InChI is InChI=1S/C29H36N2O2/c1-29(2,3)25-16-10-11-22(17-25)19-30-20-26(32)21-31-28(33)18-27(23-12-6-4-7-13-23)24-14-8-5-9-15-24/h4-17,26-27,30,32H,18-21H2,1-3H3,(H,31,33). The number of nitrogens with one attached hydrogen (secondary N) is 2. The maximum atomic E-state index is 12.7. The Labute approximate surface area is 198 Å². The molecule has 174 valence electrons. The Morgan fingerprint density at radius 1 is 0.848 bits per heavy atom. The lowest BCUT2D eigenvalue weighted by atomic mass is 9.86. The number of benzene rings is 3. The van der Waals surface area contributed by atoms with E-state index in [0.29, 0.717) is 19.5 Å². The van der Waals surface area contributed by atoms with Crippen LogP contribution >= 0.6 is 0 Å². The third-order valence-electron chi connectivity index (χ3n) is 5.83. The van der Waals surface area contributed by atoms with Crippen LogP contribution in [0.2, 0.25) is 0 Å². The molecule has 3 rings (SSSR count). The van der Waals surface area contributed by atoms with Gasteiger partial charge in [-0.25, -0.2) is 0 Å². The largest absolute Gasteiger partial charge is 0.390 e. The molecule has 0 aliphatic carbocycles. The van der Waals surface area contributed by atoms with Crippen LogP contribution in [0.5, 0.6) is 0 Å². The van der Waals surface area contributed by atoms with Crippen molar-refractivity contribution in [3.8, 4) is 0 Å². The first-order valence-corrected chi connectivity index (χ1v) is 11.7. The summed E-state index contributed by atoms with van der Waals surface area (Å²) in [5, 5.41) is 16.5. The van der Waals surface area contributed by atoms with Gasteiger partial charge in [-0.05, 0) is 27.7 Å². The Balaban J connectivity index is 1.47. The van der Waals surface area contributed by atoms with E-state index in [1.807, 2.05) is 36.4 Å². The third kappa shape index (κ3) is 7.85. The van der Waals surface area contributed by atoms with Crippen molar-refractivity contribution in [1.82, 2.24) is 10.6 Å². The molecule has 33 heavy (non-hydrogen) atoms. The molecule has 1 amide bonds. The summed E-state index contributed by atoms with van der Waals surface area (Å²) in [6.45, 7) is 7.92. The number of amides is 1. The molecule has 1 unspecified atom stereocenters. The van der Waals surface area contributed by atoms with E-state index in [1.165, 1.54) is 11.1 Å². The summed E-state index contributed by atoms with van der Waals surface area (Å²) in [7, 11) is 0. The van der Waals surface area contributed by atoms with Gasteiger partial charge in [0.05, 0.1) is 6.10 Å². The molecule has 3 aromatic carbocycles. The fourth-order valence-electron chi connectivity index (χ4n) is 3.89. The number of hydrogen-bond donors (Lipinski definition) is 3. The smallest absolute Gasteiger partial charge is 0.221 e. The second-order valence-corrected chi connectivity index (χ2v) is 9.62. The number of carbonyl (C=O) groups is 1. The second kappa shape index (κ2) is 11.8. The SMILES string of the molecule is CC(C)(C)c1cccc(CNCC(O)CNC(=O)CC(c2ccccc2)c2ccccc2)c1. The molecular weight excluding hydrogens is 408 g/mol. The molecule has 0 aromatic heterocycles.